The van der Waals surface area contributed by atoms with Crippen LogP contribution in [0.2, 0.25) is 0 Å². The maximum absolute atomic E-state index is 12.1. The zero-order chi connectivity index (χ0) is 13.8. The van der Waals surface area contributed by atoms with Crippen molar-refractivity contribution in [2.45, 2.75) is 6.54 Å². The zero-order valence-corrected chi connectivity index (χ0v) is 10.2. The lowest BCUT2D eigenvalue weighted by molar-refractivity contribution is 0.0694. The van der Waals surface area contributed by atoms with Gasteiger partial charge in [-0.25, -0.2) is 4.79 Å². The number of carbonyl (C=O) groups is 1. The highest BCUT2D eigenvalue weighted by atomic mass is 16.4. The molecular formula is C15H13NO3. The molecule has 4 nitrogen and oxygen atoms in total. The van der Waals surface area contributed by atoms with Crippen LogP contribution >= 0.6 is 0 Å². The van der Waals surface area contributed by atoms with E-state index in [1.807, 2.05) is 30.3 Å². The first-order chi connectivity index (χ1) is 9.15. The number of hydrogen-bond acceptors (Lipinski definition) is 2. The first-order valence-corrected chi connectivity index (χ1v) is 5.78. The Hall–Kier alpha value is -2.62. The fourth-order valence-electron chi connectivity index (χ4n) is 1.91. The maximum atomic E-state index is 12.1. The predicted molar refractivity (Wildman–Crippen MR) is 73.3 cm³/mol. The number of aromatic carboxylic acids is 1. The fraction of sp³-hybridized carbons (Fsp3) is 0.0667. The summed E-state index contributed by atoms with van der Waals surface area (Å²) in [6.07, 6.45) is 1.57. The van der Waals surface area contributed by atoms with Crippen molar-refractivity contribution in [3.05, 3.63) is 71.0 Å². The topological polar surface area (TPSA) is 59.3 Å². The van der Waals surface area contributed by atoms with Gasteiger partial charge < -0.3 is 9.67 Å². The molecule has 2 rings (SSSR count). The van der Waals surface area contributed by atoms with Crippen molar-refractivity contribution >= 4 is 5.97 Å². The van der Waals surface area contributed by atoms with Gasteiger partial charge in [-0.3, -0.25) is 4.79 Å². The number of rotatable bonds is 4. The Bertz CT molecular complexity index is 672. The number of nitrogens with zero attached hydrogens (tertiary/aromatic N) is 1. The van der Waals surface area contributed by atoms with E-state index in [0.29, 0.717) is 5.69 Å². The Morgan fingerprint density at radius 1 is 1.21 bits per heavy atom. The maximum Gasteiger partial charge on any atom is 0.341 e. The molecule has 0 atom stereocenters. The standard InChI is InChI=1S/C15H13NO3/c1-2-10-16-13(11-6-4-3-5-7-11)9-8-12(14(16)17)15(18)19/h2-9H,1,10H2,(H,18,19). The normalized spacial score (nSPS) is 10.1. The van der Waals surface area contributed by atoms with Gasteiger partial charge in [-0.1, -0.05) is 36.4 Å². The zero-order valence-electron chi connectivity index (χ0n) is 10.2. The summed E-state index contributed by atoms with van der Waals surface area (Å²) in [6.45, 7) is 3.87. The molecule has 1 heterocycles. The van der Waals surface area contributed by atoms with Gasteiger partial charge in [0.2, 0.25) is 0 Å². The molecule has 19 heavy (non-hydrogen) atoms. The highest BCUT2D eigenvalue weighted by molar-refractivity contribution is 5.87. The molecule has 0 radical (unpaired) electrons. The minimum atomic E-state index is -1.22. The molecule has 96 valence electrons. The average molecular weight is 255 g/mol. The van der Waals surface area contributed by atoms with Crippen LogP contribution in [0.1, 0.15) is 10.4 Å². The molecule has 1 aromatic carbocycles. The van der Waals surface area contributed by atoms with Crippen LogP contribution in [0, 0.1) is 0 Å². The van der Waals surface area contributed by atoms with Crippen LogP contribution in [0.25, 0.3) is 11.3 Å². The molecule has 0 saturated heterocycles. The van der Waals surface area contributed by atoms with Gasteiger partial charge in [0.15, 0.2) is 0 Å². The van der Waals surface area contributed by atoms with Crippen molar-refractivity contribution < 1.29 is 9.90 Å². The number of carboxylic acids is 1. The van der Waals surface area contributed by atoms with Crippen molar-refractivity contribution in [3.8, 4) is 11.3 Å². The average Bonchev–Trinajstić information content (AvgIpc) is 2.41. The van der Waals surface area contributed by atoms with Crippen molar-refractivity contribution in [1.82, 2.24) is 4.57 Å². The minimum Gasteiger partial charge on any atom is -0.477 e. The summed E-state index contributed by atoms with van der Waals surface area (Å²) in [5, 5.41) is 8.98. The Labute approximate surface area is 110 Å². The van der Waals surface area contributed by atoms with Crippen molar-refractivity contribution in [3.63, 3.8) is 0 Å². The molecule has 0 aliphatic heterocycles. The van der Waals surface area contributed by atoms with Crippen LogP contribution in [-0.4, -0.2) is 15.6 Å². The second-order valence-electron chi connectivity index (χ2n) is 4.01. The number of benzene rings is 1. The summed E-state index contributed by atoms with van der Waals surface area (Å²) in [5.74, 6) is -1.22. The first kappa shape index (κ1) is 12.8. The molecule has 1 aromatic heterocycles. The molecule has 2 aromatic rings. The summed E-state index contributed by atoms with van der Waals surface area (Å²) in [7, 11) is 0. The predicted octanol–water partition coefficient (Wildman–Crippen LogP) is 2.40. The number of aromatic nitrogens is 1. The third-order valence-corrected chi connectivity index (χ3v) is 2.79. The number of hydrogen-bond donors (Lipinski definition) is 1. The van der Waals surface area contributed by atoms with E-state index in [1.54, 1.807) is 12.1 Å². The number of allylic oxidation sites excluding steroid dienone is 1. The highest BCUT2D eigenvalue weighted by Crippen LogP contribution is 2.17. The lowest BCUT2D eigenvalue weighted by atomic mass is 10.1. The van der Waals surface area contributed by atoms with E-state index < -0.39 is 11.5 Å². The van der Waals surface area contributed by atoms with Crippen LogP contribution in [0.15, 0.2) is 59.9 Å². The third kappa shape index (κ3) is 2.47. The molecule has 0 spiro atoms. The third-order valence-electron chi connectivity index (χ3n) is 2.79. The molecule has 0 saturated carbocycles. The smallest absolute Gasteiger partial charge is 0.341 e. The SMILES string of the molecule is C=CCn1c(-c2ccccc2)ccc(C(=O)O)c1=O. The van der Waals surface area contributed by atoms with Crippen molar-refractivity contribution in [2.75, 3.05) is 0 Å². The number of pyridine rings is 1. The molecule has 0 fully saturated rings. The van der Waals surface area contributed by atoms with E-state index in [1.165, 1.54) is 10.6 Å². The molecule has 1 N–H and O–H groups in total. The molecule has 0 aliphatic carbocycles. The van der Waals surface area contributed by atoms with Crippen LogP contribution in [0.3, 0.4) is 0 Å². The fourth-order valence-corrected chi connectivity index (χ4v) is 1.91. The van der Waals surface area contributed by atoms with Crippen molar-refractivity contribution in [1.29, 1.82) is 0 Å². The molecule has 0 unspecified atom stereocenters. The quantitative estimate of drug-likeness (QED) is 0.853. The Morgan fingerprint density at radius 2 is 1.89 bits per heavy atom. The van der Waals surface area contributed by atoms with Gasteiger partial charge >= 0.3 is 5.97 Å². The minimum absolute atomic E-state index is 0.235. The van der Waals surface area contributed by atoms with E-state index in [-0.39, 0.29) is 12.1 Å². The number of carboxylic acid groups (broad SMARTS) is 1. The van der Waals surface area contributed by atoms with E-state index in [2.05, 4.69) is 6.58 Å². The van der Waals surface area contributed by atoms with Gasteiger partial charge in [-0.15, -0.1) is 6.58 Å². The summed E-state index contributed by atoms with van der Waals surface area (Å²) < 4.78 is 1.41. The monoisotopic (exact) mass is 255 g/mol. The molecule has 4 heteroatoms. The van der Waals surface area contributed by atoms with Crippen molar-refractivity contribution in [2.24, 2.45) is 0 Å². The van der Waals surface area contributed by atoms with Gasteiger partial charge in [0.1, 0.15) is 5.56 Å². The van der Waals surface area contributed by atoms with Crippen LogP contribution in [-0.2, 0) is 6.54 Å². The van der Waals surface area contributed by atoms with E-state index in [0.717, 1.165) is 5.56 Å². The Balaban J connectivity index is 2.69. The molecular weight excluding hydrogens is 242 g/mol. The lowest BCUT2D eigenvalue weighted by Gasteiger charge is -2.12. The largest absolute Gasteiger partial charge is 0.477 e. The van der Waals surface area contributed by atoms with Gasteiger partial charge in [0.05, 0.1) is 5.69 Å². The van der Waals surface area contributed by atoms with Crippen LogP contribution in [0.4, 0.5) is 0 Å². The second-order valence-corrected chi connectivity index (χ2v) is 4.01. The Kier molecular flexibility index (Phi) is 3.61. The van der Waals surface area contributed by atoms with E-state index in [4.69, 9.17) is 5.11 Å². The Morgan fingerprint density at radius 3 is 2.47 bits per heavy atom. The van der Waals surface area contributed by atoms with Gasteiger partial charge in [0, 0.05) is 6.54 Å². The van der Waals surface area contributed by atoms with Gasteiger partial charge in [0.25, 0.3) is 5.56 Å². The summed E-state index contributed by atoms with van der Waals surface area (Å²) in [4.78, 5) is 23.1. The lowest BCUT2D eigenvalue weighted by Crippen LogP contribution is -2.27. The summed E-state index contributed by atoms with van der Waals surface area (Å²) in [6, 6.07) is 12.3. The van der Waals surface area contributed by atoms with Crippen LogP contribution < -0.4 is 5.56 Å². The summed E-state index contributed by atoms with van der Waals surface area (Å²) in [5.41, 5.74) is 0.782. The van der Waals surface area contributed by atoms with E-state index >= 15 is 0 Å². The molecule has 0 amide bonds. The second kappa shape index (κ2) is 5.35. The molecule has 0 bridgehead atoms. The van der Waals surface area contributed by atoms with Crippen LogP contribution in [0.5, 0.6) is 0 Å². The summed E-state index contributed by atoms with van der Waals surface area (Å²) >= 11 is 0. The first-order valence-electron chi connectivity index (χ1n) is 5.78. The molecule has 0 aliphatic rings. The van der Waals surface area contributed by atoms with Gasteiger partial charge in [-0.05, 0) is 17.7 Å². The van der Waals surface area contributed by atoms with E-state index in [9.17, 15) is 9.59 Å². The highest BCUT2D eigenvalue weighted by Gasteiger charge is 2.13. The van der Waals surface area contributed by atoms with Gasteiger partial charge in [-0.2, -0.15) is 0 Å².